The van der Waals surface area contributed by atoms with Gasteiger partial charge in [0, 0.05) is 41.5 Å². The number of carbonyl (C=O) groups excluding carboxylic acids is 1. The Labute approximate surface area is 124 Å². The lowest BCUT2D eigenvalue weighted by Gasteiger charge is -2.24. The van der Waals surface area contributed by atoms with E-state index in [0.717, 1.165) is 5.56 Å². The Bertz CT molecular complexity index is 575. The number of hydrogen-bond donors (Lipinski definition) is 1. The predicted molar refractivity (Wildman–Crippen MR) is 79.1 cm³/mol. The van der Waals surface area contributed by atoms with Crippen molar-refractivity contribution in [2.24, 2.45) is 0 Å². The summed E-state index contributed by atoms with van der Waals surface area (Å²) in [6.07, 6.45) is 1.26. The molecular weight excluding hydrogens is 294 g/mol. The monoisotopic (exact) mass is 311 g/mol. The van der Waals surface area contributed by atoms with E-state index in [0.29, 0.717) is 12.3 Å². The molecule has 0 spiro atoms. The molecule has 114 valence electrons. The summed E-state index contributed by atoms with van der Waals surface area (Å²) in [6.45, 7) is 2.16. The highest BCUT2D eigenvalue weighted by molar-refractivity contribution is 7.84. The predicted octanol–water partition coefficient (Wildman–Crippen LogP) is 0.792. The molecule has 0 saturated carbocycles. The Balaban J connectivity index is 2.20. The van der Waals surface area contributed by atoms with E-state index < -0.39 is 15.7 Å². The number of nitro benzene ring substituents is 1. The Morgan fingerprint density at radius 2 is 2.00 bits per heavy atom. The summed E-state index contributed by atoms with van der Waals surface area (Å²) in [5.41, 5.74) is 0.789. The summed E-state index contributed by atoms with van der Waals surface area (Å²) >= 11 is 0. The van der Waals surface area contributed by atoms with Crippen LogP contribution in [0.2, 0.25) is 0 Å². The largest absolute Gasteiger partial charge is 0.321 e. The maximum atomic E-state index is 12.1. The second-order valence-corrected chi connectivity index (χ2v) is 6.50. The van der Waals surface area contributed by atoms with Crippen LogP contribution in [-0.2, 0) is 15.6 Å². The molecule has 1 aromatic carbocycles. The number of rotatable bonds is 5. The van der Waals surface area contributed by atoms with Crippen LogP contribution in [0.25, 0.3) is 0 Å². The Kier molecular flexibility index (Phi) is 4.69. The summed E-state index contributed by atoms with van der Waals surface area (Å²) in [5, 5.41) is 13.8. The van der Waals surface area contributed by atoms with Crippen molar-refractivity contribution in [1.82, 2.24) is 10.2 Å². The van der Waals surface area contributed by atoms with Gasteiger partial charge in [0.05, 0.1) is 11.0 Å². The molecule has 1 aromatic rings. The molecule has 1 aliphatic heterocycles. The van der Waals surface area contributed by atoms with Gasteiger partial charge in [-0.25, -0.2) is 0 Å². The Morgan fingerprint density at radius 3 is 2.52 bits per heavy atom. The van der Waals surface area contributed by atoms with Gasteiger partial charge in [-0.2, -0.15) is 0 Å². The first-order chi connectivity index (χ1) is 9.90. The van der Waals surface area contributed by atoms with Crippen LogP contribution in [0, 0.1) is 10.1 Å². The van der Waals surface area contributed by atoms with Crippen molar-refractivity contribution in [2.75, 3.05) is 18.6 Å². The number of nitrogens with one attached hydrogen (secondary N) is 1. The lowest BCUT2D eigenvalue weighted by atomic mass is 10.1. The average Bonchev–Trinajstić information content (AvgIpc) is 2.72. The number of benzene rings is 1. The first kappa shape index (κ1) is 15.6. The van der Waals surface area contributed by atoms with E-state index in [1.165, 1.54) is 12.1 Å². The van der Waals surface area contributed by atoms with Gasteiger partial charge < -0.3 is 4.90 Å². The number of carbonyl (C=O) groups is 1. The van der Waals surface area contributed by atoms with Crippen molar-refractivity contribution in [2.45, 2.75) is 19.1 Å². The first-order valence-corrected chi connectivity index (χ1v) is 8.24. The zero-order chi connectivity index (χ0) is 15.6. The molecule has 1 saturated heterocycles. The minimum absolute atomic E-state index is 0.0114. The van der Waals surface area contributed by atoms with E-state index in [9.17, 15) is 19.1 Å². The van der Waals surface area contributed by atoms with Crippen LogP contribution in [0.15, 0.2) is 24.3 Å². The van der Waals surface area contributed by atoms with Crippen LogP contribution >= 0.6 is 0 Å². The third kappa shape index (κ3) is 3.45. The molecule has 1 aliphatic rings. The third-order valence-corrected chi connectivity index (χ3v) is 4.17. The molecule has 2 rings (SSSR count). The van der Waals surface area contributed by atoms with E-state index in [1.54, 1.807) is 30.2 Å². The van der Waals surface area contributed by atoms with Gasteiger partial charge in [-0.1, -0.05) is 0 Å². The molecule has 3 atom stereocenters. The average molecular weight is 311 g/mol. The number of nitrogens with zero attached hydrogens (tertiary/aromatic N) is 2. The lowest BCUT2D eigenvalue weighted by Crippen LogP contribution is -2.33. The molecule has 0 aliphatic carbocycles. The minimum atomic E-state index is -0.980. The van der Waals surface area contributed by atoms with Crippen molar-refractivity contribution >= 4 is 22.4 Å². The first-order valence-electron chi connectivity index (χ1n) is 6.51. The van der Waals surface area contributed by atoms with Gasteiger partial charge in [-0.15, -0.1) is 0 Å². The minimum Gasteiger partial charge on any atom is -0.321 e. The zero-order valence-electron chi connectivity index (χ0n) is 11.8. The second kappa shape index (κ2) is 6.31. The standard InChI is InChI=1S/C13H17N3O4S/c1-9-13(17)15(7-8-21(2)20)12(14-9)10-3-5-11(6-4-10)16(18)19/h3-6,9,12,14H,7-8H2,1-2H3. The van der Waals surface area contributed by atoms with Crippen LogP contribution in [-0.4, -0.2) is 44.5 Å². The molecule has 1 heterocycles. The maximum Gasteiger partial charge on any atom is 0.269 e. The molecule has 21 heavy (non-hydrogen) atoms. The zero-order valence-corrected chi connectivity index (χ0v) is 12.6. The van der Waals surface area contributed by atoms with Gasteiger partial charge in [0.15, 0.2) is 0 Å². The van der Waals surface area contributed by atoms with Crippen LogP contribution in [0.1, 0.15) is 18.7 Å². The van der Waals surface area contributed by atoms with Crippen molar-refractivity contribution in [3.8, 4) is 0 Å². The fraction of sp³-hybridized carbons (Fsp3) is 0.462. The molecule has 1 fully saturated rings. The van der Waals surface area contributed by atoms with Gasteiger partial charge >= 0.3 is 0 Å². The topological polar surface area (TPSA) is 92.6 Å². The molecule has 0 bridgehead atoms. The fourth-order valence-corrected chi connectivity index (χ4v) is 2.75. The third-order valence-electron chi connectivity index (χ3n) is 3.41. The number of amides is 1. The summed E-state index contributed by atoms with van der Waals surface area (Å²) in [7, 11) is -0.980. The molecule has 7 nitrogen and oxygen atoms in total. The van der Waals surface area contributed by atoms with Crippen LogP contribution < -0.4 is 5.32 Å². The summed E-state index contributed by atoms with van der Waals surface area (Å²) in [4.78, 5) is 24.0. The number of hydrogen-bond acceptors (Lipinski definition) is 5. The smallest absolute Gasteiger partial charge is 0.269 e. The maximum absolute atomic E-state index is 12.1. The van der Waals surface area contributed by atoms with E-state index in [1.807, 2.05) is 0 Å². The van der Waals surface area contributed by atoms with Gasteiger partial charge in [0.2, 0.25) is 5.91 Å². The number of nitro groups is 1. The van der Waals surface area contributed by atoms with Gasteiger partial charge in [0.25, 0.3) is 5.69 Å². The second-order valence-electron chi connectivity index (χ2n) is 4.95. The molecule has 0 aromatic heterocycles. The van der Waals surface area contributed by atoms with Crippen molar-refractivity contribution < 1.29 is 13.9 Å². The molecule has 8 heteroatoms. The van der Waals surface area contributed by atoms with Gasteiger partial charge in [-0.05, 0) is 24.6 Å². The SMILES string of the molecule is CC1NC(c2ccc([N+](=O)[O-])cc2)N(CCS(C)=O)C1=O. The fourth-order valence-electron chi connectivity index (χ4n) is 2.29. The van der Waals surface area contributed by atoms with Gasteiger partial charge in [-0.3, -0.25) is 24.4 Å². The van der Waals surface area contributed by atoms with Crippen molar-refractivity contribution in [3.05, 3.63) is 39.9 Å². The van der Waals surface area contributed by atoms with E-state index in [4.69, 9.17) is 0 Å². The summed E-state index contributed by atoms with van der Waals surface area (Å²) < 4.78 is 11.2. The highest BCUT2D eigenvalue weighted by Gasteiger charge is 2.36. The molecule has 3 unspecified atom stereocenters. The molecular formula is C13H17N3O4S. The van der Waals surface area contributed by atoms with Crippen LogP contribution in [0.5, 0.6) is 0 Å². The molecule has 1 amide bonds. The highest BCUT2D eigenvalue weighted by Crippen LogP contribution is 2.26. The van der Waals surface area contributed by atoms with Crippen molar-refractivity contribution in [1.29, 1.82) is 0 Å². The van der Waals surface area contributed by atoms with Crippen LogP contribution in [0.4, 0.5) is 5.69 Å². The van der Waals surface area contributed by atoms with E-state index >= 15 is 0 Å². The molecule has 0 radical (unpaired) electrons. The normalized spacial score (nSPS) is 23.3. The Hall–Kier alpha value is -1.80. The van der Waals surface area contributed by atoms with E-state index in [2.05, 4.69) is 5.32 Å². The molecule has 1 N–H and O–H groups in total. The van der Waals surface area contributed by atoms with Crippen LogP contribution in [0.3, 0.4) is 0 Å². The highest BCUT2D eigenvalue weighted by atomic mass is 32.2. The van der Waals surface area contributed by atoms with E-state index in [-0.39, 0.29) is 23.8 Å². The van der Waals surface area contributed by atoms with Crippen molar-refractivity contribution in [3.63, 3.8) is 0 Å². The summed E-state index contributed by atoms with van der Waals surface area (Å²) in [6, 6.07) is 5.78. The summed E-state index contributed by atoms with van der Waals surface area (Å²) in [5.74, 6) is 0.354. The lowest BCUT2D eigenvalue weighted by molar-refractivity contribution is -0.384. The quantitative estimate of drug-likeness (QED) is 0.641. The number of non-ortho nitro benzene ring substituents is 1. The van der Waals surface area contributed by atoms with Gasteiger partial charge in [0.1, 0.15) is 6.17 Å². The Morgan fingerprint density at radius 1 is 1.38 bits per heavy atom.